The van der Waals surface area contributed by atoms with Crippen molar-refractivity contribution in [2.75, 3.05) is 13.1 Å². The Morgan fingerprint density at radius 2 is 2.25 bits per heavy atom. The van der Waals surface area contributed by atoms with E-state index in [4.69, 9.17) is 5.11 Å². The number of likely N-dealkylation sites (tertiary alicyclic amines) is 1. The SMILES string of the molecule is Cc1cccc(C2CCCN2C(=O)NCCC(=O)O)c1. The van der Waals surface area contributed by atoms with Gasteiger partial charge in [0.15, 0.2) is 0 Å². The fraction of sp³-hybridized carbons (Fsp3) is 0.467. The molecule has 108 valence electrons. The Bertz CT molecular complexity index is 502. The highest BCUT2D eigenvalue weighted by Gasteiger charge is 2.29. The van der Waals surface area contributed by atoms with Crippen LogP contribution in [0, 0.1) is 6.92 Å². The summed E-state index contributed by atoms with van der Waals surface area (Å²) < 4.78 is 0. The van der Waals surface area contributed by atoms with Gasteiger partial charge in [0.05, 0.1) is 12.5 Å². The maximum absolute atomic E-state index is 12.1. The van der Waals surface area contributed by atoms with Gasteiger partial charge in [-0.25, -0.2) is 4.79 Å². The van der Waals surface area contributed by atoms with Gasteiger partial charge in [-0.1, -0.05) is 29.8 Å². The van der Waals surface area contributed by atoms with Crippen LogP contribution in [0.25, 0.3) is 0 Å². The van der Waals surface area contributed by atoms with Crippen LogP contribution < -0.4 is 5.32 Å². The van der Waals surface area contributed by atoms with Gasteiger partial charge in [0.2, 0.25) is 0 Å². The molecule has 0 aromatic heterocycles. The van der Waals surface area contributed by atoms with E-state index in [9.17, 15) is 9.59 Å². The van der Waals surface area contributed by atoms with Crippen molar-refractivity contribution in [3.05, 3.63) is 35.4 Å². The zero-order valence-electron chi connectivity index (χ0n) is 11.6. The van der Waals surface area contributed by atoms with E-state index in [1.165, 1.54) is 5.56 Å². The molecule has 0 radical (unpaired) electrons. The largest absolute Gasteiger partial charge is 0.481 e. The number of carboxylic acid groups (broad SMARTS) is 1. The maximum Gasteiger partial charge on any atom is 0.317 e. The van der Waals surface area contributed by atoms with Crippen LogP contribution in [-0.4, -0.2) is 35.1 Å². The summed E-state index contributed by atoms with van der Waals surface area (Å²) >= 11 is 0. The van der Waals surface area contributed by atoms with Crippen molar-refractivity contribution < 1.29 is 14.7 Å². The predicted molar refractivity (Wildman–Crippen MR) is 75.5 cm³/mol. The average Bonchev–Trinajstić information content (AvgIpc) is 2.87. The number of benzene rings is 1. The normalized spacial score (nSPS) is 18.1. The van der Waals surface area contributed by atoms with Crippen LogP contribution in [-0.2, 0) is 4.79 Å². The van der Waals surface area contributed by atoms with E-state index < -0.39 is 5.97 Å². The number of aliphatic carboxylic acids is 1. The lowest BCUT2D eigenvalue weighted by molar-refractivity contribution is -0.136. The third kappa shape index (κ3) is 3.50. The third-order valence-electron chi connectivity index (χ3n) is 3.56. The minimum Gasteiger partial charge on any atom is -0.481 e. The predicted octanol–water partition coefficient (Wildman–Crippen LogP) is 2.32. The topological polar surface area (TPSA) is 69.6 Å². The molecule has 1 atom stereocenters. The van der Waals surface area contributed by atoms with Crippen LogP contribution in [0.5, 0.6) is 0 Å². The minimum absolute atomic E-state index is 0.0469. The van der Waals surface area contributed by atoms with Gasteiger partial charge in [0, 0.05) is 13.1 Å². The number of urea groups is 1. The van der Waals surface area contributed by atoms with Gasteiger partial charge in [-0.05, 0) is 25.3 Å². The lowest BCUT2D eigenvalue weighted by Gasteiger charge is -2.25. The molecular formula is C15H20N2O3. The van der Waals surface area contributed by atoms with Crippen LogP contribution in [0.3, 0.4) is 0 Å². The molecule has 5 nitrogen and oxygen atoms in total. The zero-order chi connectivity index (χ0) is 14.5. The number of carboxylic acids is 1. The lowest BCUT2D eigenvalue weighted by atomic mass is 10.0. The molecule has 2 amide bonds. The minimum atomic E-state index is -0.901. The molecule has 1 heterocycles. The van der Waals surface area contributed by atoms with Crippen LogP contribution in [0.15, 0.2) is 24.3 Å². The summed E-state index contributed by atoms with van der Waals surface area (Å²) in [4.78, 5) is 24.4. The van der Waals surface area contributed by atoms with E-state index in [0.29, 0.717) is 0 Å². The van der Waals surface area contributed by atoms with Crippen molar-refractivity contribution in [2.24, 2.45) is 0 Å². The van der Waals surface area contributed by atoms with E-state index in [0.717, 1.165) is 24.9 Å². The molecule has 1 aromatic carbocycles. The molecule has 1 aromatic rings. The summed E-state index contributed by atoms with van der Waals surface area (Å²) in [6.07, 6.45) is 1.88. The molecule has 2 N–H and O–H groups in total. The average molecular weight is 276 g/mol. The fourth-order valence-electron chi connectivity index (χ4n) is 2.61. The van der Waals surface area contributed by atoms with Crippen molar-refractivity contribution in [1.82, 2.24) is 10.2 Å². The van der Waals surface area contributed by atoms with Gasteiger partial charge in [-0.2, -0.15) is 0 Å². The quantitative estimate of drug-likeness (QED) is 0.886. The smallest absolute Gasteiger partial charge is 0.317 e. The summed E-state index contributed by atoms with van der Waals surface area (Å²) in [6, 6.07) is 8.11. The number of nitrogens with one attached hydrogen (secondary N) is 1. The van der Waals surface area contributed by atoms with Gasteiger partial charge in [-0.3, -0.25) is 4.79 Å². The molecule has 1 fully saturated rings. The molecule has 1 saturated heterocycles. The summed E-state index contributed by atoms with van der Waals surface area (Å²) in [5.74, 6) is -0.901. The summed E-state index contributed by atoms with van der Waals surface area (Å²) in [7, 11) is 0. The molecule has 1 unspecified atom stereocenters. The molecule has 20 heavy (non-hydrogen) atoms. The number of amides is 2. The van der Waals surface area contributed by atoms with Gasteiger partial charge in [0.1, 0.15) is 0 Å². The molecule has 1 aliphatic rings. The Morgan fingerprint density at radius 1 is 1.45 bits per heavy atom. The van der Waals surface area contributed by atoms with Crippen LogP contribution >= 0.6 is 0 Å². The summed E-state index contributed by atoms with van der Waals surface area (Å²) in [5.41, 5.74) is 2.33. The molecule has 2 rings (SSSR count). The van der Waals surface area contributed by atoms with Crippen LogP contribution in [0.4, 0.5) is 4.79 Å². The molecule has 5 heteroatoms. The van der Waals surface area contributed by atoms with E-state index in [1.54, 1.807) is 4.90 Å². The first-order chi connectivity index (χ1) is 9.58. The first-order valence-electron chi connectivity index (χ1n) is 6.91. The molecule has 0 saturated carbocycles. The molecule has 0 aliphatic carbocycles. The summed E-state index contributed by atoms with van der Waals surface area (Å²) in [5, 5.41) is 11.3. The van der Waals surface area contributed by atoms with Gasteiger partial charge < -0.3 is 15.3 Å². The van der Waals surface area contributed by atoms with E-state index in [1.807, 2.05) is 25.1 Å². The number of hydrogen-bond donors (Lipinski definition) is 2. The van der Waals surface area contributed by atoms with Crippen molar-refractivity contribution in [3.63, 3.8) is 0 Å². The standard InChI is InChI=1S/C15H20N2O3/c1-11-4-2-5-12(10-11)13-6-3-9-17(13)15(20)16-8-7-14(18)19/h2,4-5,10,13H,3,6-9H2,1H3,(H,16,20)(H,18,19). The van der Waals surface area contributed by atoms with Crippen molar-refractivity contribution >= 4 is 12.0 Å². The Kier molecular flexibility index (Phi) is 4.61. The monoisotopic (exact) mass is 276 g/mol. The van der Waals surface area contributed by atoms with Crippen LogP contribution in [0.1, 0.15) is 36.4 Å². The summed E-state index contributed by atoms with van der Waals surface area (Å²) in [6.45, 7) is 2.93. The van der Waals surface area contributed by atoms with E-state index >= 15 is 0 Å². The molecule has 1 aliphatic heterocycles. The zero-order valence-corrected chi connectivity index (χ0v) is 11.6. The van der Waals surface area contributed by atoms with E-state index in [2.05, 4.69) is 11.4 Å². The molecular weight excluding hydrogens is 256 g/mol. The number of carbonyl (C=O) groups excluding carboxylic acids is 1. The first kappa shape index (κ1) is 14.4. The van der Waals surface area contributed by atoms with E-state index in [-0.39, 0.29) is 25.0 Å². The van der Waals surface area contributed by atoms with Crippen LogP contribution in [0.2, 0.25) is 0 Å². The second-order valence-corrected chi connectivity index (χ2v) is 5.14. The van der Waals surface area contributed by atoms with Gasteiger partial charge >= 0.3 is 12.0 Å². The Hall–Kier alpha value is -2.04. The fourth-order valence-corrected chi connectivity index (χ4v) is 2.61. The van der Waals surface area contributed by atoms with Crippen molar-refractivity contribution in [1.29, 1.82) is 0 Å². The lowest BCUT2D eigenvalue weighted by Crippen LogP contribution is -2.40. The second kappa shape index (κ2) is 6.41. The third-order valence-corrected chi connectivity index (χ3v) is 3.56. The Morgan fingerprint density at radius 3 is 2.95 bits per heavy atom. The maximum atomic E-state index is 12.1. The first-order valence-corrected chi connectivity index (χ1v) is 6.91. The second-order valence-electron chi connectivity index (χ2n) is 5.14. The highest BCUT2D eigenvalue weighted by atomic mass is 16.4. The highest BCUT2D eigenvalue weighted by Crippen LogP contribution is 2.32. The van der Waals surface area contributed by atoms with Crippen molar-refractivity contribution in [2.45, 2.75) is 32.2 Å². The Balaban J connectivity index is 2.00. The highest BCUT2D eigenvalue weighted by molar-refractivity contribution is 5.76. The number of nitrogens with zero attached hydrogens (tertiary/aromatic N) is 1. The van der Waals surface area contributed by atoms with Crippen molar-refractivity contribution in [3.8, 4) is 0 Å². The number of carbonyl (C=O) groups is 2. The number of rotatable bonds is 4. The Labute approximate surface area is 118 Å². The number of hydrogen-bond acceptors (Lipinski definition) is 2. The molecule has 0 bridgehead atoms. The van der Waals surface area contributed by atoms with Gasteiger partial charge in [0.25, 0.3) is 0 Å². The van der Waals surface area contributed by atoms with Gasteiger partial charge in [-0.15, -0.1) is 0 Å². The number of aryl methyl sites for hydroxylation is 1. The molecule has 0 spiro atoms.